The second-order valence-electron chi connectivity index (χ2n) is 4.05. The zero-order valence-electron chi connectivity index (χ0n) is 8.90. The smallest absolute Gasteiger partial charge is 0.448 e. The van der Waals surface area contributed by atoms with Gasteiger partial charge in [0.2, 0.25) is 0 Å². The normalized spacial score (nSPS) is 22.9. The average Bonchev–Trinajstić information content (AvgIpc) is 1.79. The number of thioether (sulfide) groups is 1. The summed E-state index contributed by atoms with van der Waals surface area (Å²) in [6.07, 6.45) is -0.704. The summed E-state index contributed by atoms with van der Waals surface area (Å²) in [6.45, 7) is 0.435. The molecule has 0 aromatic carbocycles. The maximum atomic E-state index is 12.1. The van der Waals surface area contributed by atoms with E-state index in [9.17, 15) is 12.9 Å². The van der Waals surface area contributed by atoms with E-state index in [-0.39, 0.29) is 56.1 Å². The first-order valence-electron chi connectivity index (χ1n) is 4.36. The van der Waals surface area contributed by atoms with Crippen molar-refractivity contribution in [3.8, 4) is 0 Å². The molecule has 0 N–H and O–H groups in total. The minimum atomic E-state index is -4.66. The van der Waals surface area contributed by atoms with Gasteiger partial charge in [0.15, 0.2) is 0 Å². The van der Waals surface area contributed by atoms with Crippen LogP contribution < -0.4 is 51.4 Å². The van der Waals surface area contributed by atoms with Crippen LogP contribution in [0.3, 0.4) is 0 Å². The second kappa shape index (κ2) is 5.93. The number of rotatable bonds is 2. The molecule has 0 amide bonds. The van der Waals surface area contributed by atoms with E-state index in [0.717, 1.165) is 5.75 Å². The summed E-state index contributed by atoms with van der Waals surface area (Å²) in [5.74, 6) is 0.805. The Kier molecular flexibility index (Phi) is 6.69. The molecule has 0 aromatic heterocycles. The first-order valence-corrected chi connectivity index (χ1v) is 5.34. The van der Waals surface area contributed by atoms with Gasteiger partial charge in [-0.1, -0.05) is 0 Å². The first-order chi connectivity index (χ1) is 5.79. The van der Waals surface area contributed by atoms with Crippen LogP contribution in [0.25, 0.3) is 0 Å². The molecule has 7 heteroatoms. The summed E-state index contributed by atoms with van der Waals surface area (Å²) in [6, 6.07) is 0. The molecule has 0 radical (unpaired) electrons. The Morgan fingerprint density at radius 1 is 1.36 bits per heavy atom. The van der Waals surface area contributed by atoms with Crippen LogP contribution in [0.15, 0.2) is 0 Å². The standard InChI is InChI=1S/C7H14BF3NS.K/c1-7(2)5-12(3-4-13-7)6-8(9,10)11;/h3-6H2,1-2H3;/q-1;+1. The van der Waals surface area contributed by atoms with Gasteiger partial charge in [-0.25, -0.2) is 0 Å². The Balaban J connectivity index is 0.00000169. The van der Waals surface area contributed by atoms with E-state index in [1.54, 1.807) is 11.8 Å². The van der Waals surface area contributed by atoms with Crippen LogP contribution in [0, 0.1) is 0 Å². The summed E-state index contributed by atoms with van der Waals surface area (Å²) < 4.78 is 36.3. The molecule has 0 unspecified atom stereocenters. The SMILES string of the molecule is CC1(C)CN(C[B-](F)(F)F)CCS1.[K+]. The molecule has 1 nitrogen and oxygen atoms in total. The number of halogens is 3. The third kappa shape index (κ3) is 6.40. The molecule has 1 heterocycles. The quantitative estimate of drug-likeness (QED) is 0.591. The van der Waals surface area contributed by atoms with Gasteiger partial charge in [-0.2, -0.15) is 11.8 Å². The van der Waals surface area contributed by atoms with Crippen molar-refractivity contribution in [3.63, 3.8) is 0 Å². The number of nitrogens with zero attached hydrogens (tertiary/aromatic N) is 1. The molecule has 0 spiro atoms. The van der Waals surface area contributed by atoms with Gasteiger partial charge in [-0.05, 0) is 20.3 Å². The van der Waals surface area contributed by atoms with Crippen molar-refractivity contribution < 1.29 is 64.3 Å². The molecule has 1 aliphatic rings. The van der Waals surface area contributed by atoms with Crippen LogP contribution in [0.2, 0.25) is 0 Å². The molecular formula is C7H14BF3KNS. The summed E-state index contributed by atoms with van der Waals surface area (Å²) in [5.41, 5.74) is 0. The zero-order valence-corrected chi connectivity index (χ0v) is 12.8. The van der Waals surface area contributed by atoms with E-state index < -0.39 is 13.4 Å². The predicted molar refractivity (Wildman–Crippen MR) is 52.1 cm³/mol. The molecule has 14 heavy (non-hydrogen) atoms. The molecular weight excluding hydrogens is 237 g/mol. The third-order valence-corrected chi connectivity index (χ3v) is 3.27. The largest absolute Gasteiger partial charge is 1.00 e. The van der Waals surface area contributed by atoms with Crippen molar-refractivity contribution in [3.05, 3.63) is 0 Å². The second-order valence-corrected chi connectivity index (χ2v) is 5.86. The molecule has 0 saturated carbocycles. The zero-order chi connectivity index (χ0) is 10.1. The van der Waals surface area contributed by atoms with Crippen LogP contribution in [0.5, 0.6) is 0 Å². The fourth-order valence-corrected chi connectivity index (χ4v) is 2.74. The summed E-state index contributed by atoms with van der Waals surface area (Å²) in [5, 5.41) is 0. The van der Waals surface area contributed by atoms with Crippen LogP contribution in [0.1, 0.15) is 13.8 Å². The monoisotopic (exact) mass is 251 g/mol. The Morgan fingerprint density at radius 2 is 1.93 bits per heavy atom. The maximum absolute atomic E-state index is 12.1. The van der Waals surface area contributed by atoms with Gasteiger partial charge in [0, 0.05) is 23.6 Å². The molecule has 1 saturated heterocycles. The van der Waals surface area contributed by atoms with E-state index in [1.165, 1.54) is 4.90 Å². The molecule has 1 fully saturated rings. The maximum Gasteiger partial charge on any atom is 1.00 e. The van der Waals surface area contributed by atoms with Gasteiger partial charge in [-0.3, -0.25) is 0 Å². The van der Waals surface area contributed by atoms with Gasteiger partial charge >= 0.3 is 58.4 Å². The number of hydrogen-bond donors (Lipinski definition) is 0. The van der Waals surface area contributed by atoms with E-state index in [4.69, 9.17) is 0 Å². The molecule has 0 aliphatic carbocycles. The molecule has 0 atom stereocenters. The fraction of sp³-hybridized carbons (Fsp3) is 1.00. The van der Waals surface area contributed by atoms with E-state index in [0.29, 0.717) is 13.1 Å². The molecule has 78 valence electrons. The summed E-state index contributed by atoms with van der Waals surface area (Å²) in [4.78, 5) is 1.51. The van der Waals surface area contributed by atoms with Gasteiger partial charge < -0.3 is 17.8 Å². The summed E-state index contributed by atoms with van der Waals surface area (Å²) in [7, 11) is 0. The van der Waals surface area contributed by atoms with Crippen molar-refractivity contribution >= 4 is 18.7 Å². The van der Waals surface area contributed by atoms with Crippen molar-refractivity contribution in [1.29, 1.82) is 0 Å². The van der Waals surface area contributed by atoms with E-state index >= 15 is 0 Å². The predicted octanol–water partition coefficient (Wildman–Crippen LogP) is -0.796. The molecule has 1 rings (SSSR count). The fourth-order valence-electron chi connectivity index (χ4n) is 1.56. The topological polar surface area (TPSA) is 3.24 Å². The molecule has 0 aromatic rings. The molecule has 1 aliphatic heterocycles. The first kappa shape index (κ1) is 15.8. The van der Waals surface area contributed by atoms with E-state index in [2.05, 4.69) is 0 Å². The van der Waals surface area contributed by atoms with E-state index in [1.807, 2.05) is 13.8 Å². The Morgan fingerprint density at radius 3 is 2.36 bits per heavy atom. The van der Waals surface area contributed by atoms with Crippen molar-refractivity contribution in [2.75, 3.05) is 25.3 Å². The van der Waals surface area contributed by atoms with Crippen LogP contribution in [0.4, 0.5) is 12.9 Å². The average molecular weight is 251 g/mol. The van der Waals surface area contributed by atoms with Crippen molar-refractivity contribution in [2.24, 2.45) is 0 Å². The van der Waals surface area contributed by atoms with Crippen molar-refractivity contribution in [2.45, 2.75) is 18.6 Å². The van der Waals surface area contributed by atoms with Crippen LogP contribution >= 0.6 is 11.8 Å². The summed E-state index contributed by atoms with van der Waals surface area (Å²) >= 11 is 1.75. The minimum Gasteiger partial charge on any atom is -0.448 e. The van der Waals surface area contributed by atoms with Gasteiger partial charge in [0.25, 0.3) is 0 Å². The number of hydrogen-bond acceptors (Lipinski definition) is 2. The van der Waals surface area contributed by atoms with Gasteiger partial charge in [0.1, 0.15) is 0 Å². The Labute approximate surface area is 130 Å². The van der Waals surface area contributed by atoms with Crippen molar-refractivity contribution in [1.82, 2.24) is 4.90 Å². The Bertz CT molecular complexity index is 186. The third-order valence-electron chi connectivity index (χ3n) is 1.97. The van der Waals surface area contributed by atoms with Crippen LogP contribution in [-0.2, 0) is 0 Å². The van der Waals surface area contributed by atoms with Gasteiger partial charge in [0.05, 0.1) is 0 Å². The van der Waals surface area contributed by atoms with Gasteiger partial charge in [-0.15, -0.1) is 0 Å². The van der Waals surface area contributed by atoms with Crippen LogP contribution in [-0.4, -0.2) is 41.9 Å². The molecule has 0 bridgehead atoms. The Hall–Kier alpha value is 1.80. The minimum absolute atomic E-state index is 0.